The topological polar surface area (TPSA) is 17.8 Å². The lowest BCUT2D eigenvalue weighted by molar-refractivity contribution is 0.675. The molecule has 2 aromatic rings. The first-order chi connectivity index (χ1) is 7.66. The molecule has 0 aliphatic heterocycles. The smallest absolute Gasteiger partial charge is 0.0946 e. The summed E-state index contributed by atoms with van der Waals surface area (Å²) in [5.74, 6) is 0. The van der Waals surface area contributed by atoms with Gasteiger partial charge in [-0.1, -0.05) is 37.9 Å². The molecular weight excluding hydrogens is 355 g/mol. The summed E-state index contributed by atoms with van der Waals surface area (Å²) in [4.78, 5) is 3.99. The molecule has 16 heavy (non-hydrogen) atoms. The highest BCUT2D eigenvalue weighted by atomic mass is 79.9. The number of rotatable bonds is 3. The number of nitrogens with zero attached hydrogens (tertiary/aromatic N) is 2. The van der Waals surface area contributed by atoms with Gasteiger partial charge in [0.15, 0.2) is 0 Å². The Balaban J connectivity index is 2.17. The molecule has 84 valence electrons. The van der Waals surface area contributed by atoms with Gasteiger partial charge >= 0.3 is 0 Å². The van der Waals surface area contributed by atoms with Gasteiger partial charge in [-0.25, -0.2) is 4.98 Å². The number of aromatic nitrogens is 2. The molecule has 1 atom stereocenters. The molecule has 5 heteroatoms. The van der Waals surface area contributed by atoms with E-state index in [0.717, 1.165) is 14.5 Å². The van der Waals surface area contributed by atoms with Gasteiger partial charge in [-0.15, -0.1) is 11.6 Å². The summed E-state index contributed by atoms with van der Waals surface area (Å²) >= 11 is 13.3. The molecule has 0 aliphatic rings. The van der Waals surface area contributed by atoms with Crippen molar-refractivity contribution in [2.75, 3.05) is 0 Å². The average Bonchev–Trinajstić information content (AvgIpc) is 2.70. The normalized spacial score (nSPS) is 12.7. The molecule has 1 aromatic carbocycles. The molecule has 2 nitrogen and oxygen atoms in total. The van der Waals surface area contributed by atoms with Crippen LogP contribution in [0.5, 0.6) is 0 Å². The lowest BCUT2D eigenvalue weighted by Crippen LogP contribution is -2.02. The summed E-state index contributed by atoms with van der Waals surface area (Å²) in [6.07, 6.45) is 5.42. The van der Waals surface area contributed by atoms with Crippen LogP contribution < -0.4 is 0 Å². The molecule has 1 unspecified atom stereocenters. The maximum atomic E-state index is 6.36. The average molecular weight is 364 g/mol. The van der Waals surface area contributed by atoms with Gasteiger partial charge in [-0.05, 0) is 17.7 Å². The highest BCUT2D eigenvalue weighted by Gasteiger charge is 2.12. The monoisotopic (exact) mass is 362 g/mol. The zero-order chi connectivity index (χ0) is 11.5. The van der Waals surface area contributed by atoms with E-state index < -0.39 is 0 Å². The number of hydrogen-bond donors (Lipinski definition) is 0. The molecule has 0 radical (unpaired) electrons. The van der Waals surface area contributed by atoms with Crippen LogP contribution in [0.25, 0.3) is 0 Å². The van der Waals surface area contributed by atoms with Crippen molar-refractivity contribution in [2.24, 2.45) is 0 Å². The molecule has 1 aromatic heterocycles. The highest BCUT2D eigenvalue weighted by molar-refractivity contribution is 9.11. The Labute approximate surface area is 116 Å². The van der Waals surface area contributed by atoms with Crippen molar-refractivity contribution < 1.29 is 0 Å². The quantitative estimate of drug-likeness (QED) is 0.739. The minimum Gasteiger partial charge on any atom is -0.336 e. The van der Waals surface area contributed by atoms with E-state index in [9.17, 15) is 0 Å². The van der Waals surface area contributed by atoms with Crippen LogP contribution in [0.15, 0.2) is 45.9 Å². The Morgan fingerprint density at radius 1 is 1.38 bits per heavy atom. The number of halogens is 3. The second kappa shape index (κ2) is 5.34. The zero-order valence-corrected chi connectivity index (χ0v) is 12.2. The fraction of sp³-hybridized carbons (Fsp3) is 0.182. The van der Waals surface area contributed by atoms with Gasteiger partial charge in [0, 0.05) is 27.9 Å². The summed E-state index contributed by atoms with van der Waals surface area (Å²) in [6.45, 7) is 0.710. The van der Waals surface area contributed by atoms with Crippen LogP contribution in [0.1, 0.15) is 10.9 Å². The van der Waals surface area contributed by atoms with E-state index in [2.05, 4.69) is 36.8 Å². The Morgan fingerprint density at radius 2 is 2.19 bits per heavy atom. The SMILES string of the molecule is ClC(Cn1ccnc1)c1ccc(Br)cc1Br. The largest absolute Gasteiger partial charge is 0.336 e. The van der Waals surface area contributed by atoms with E-state index in [1.807, 2.05) is 29.0 Å². The maximum absolute atomic E-state index is 6.36. The summed E-state index contributed by atoms with van der Waals surface area (Å²) in [6, 6.07) is 6.00. The molecule has 2 rings (SSSR count). The third-order valence-corrected chi connectivity index (χ3v) is 3.78. The van der Waals surface area contributed by atoms with Crippen molar-refractivity contribution in [3.63, 3.8) is 0 Å². The van der Waals surface area contributed by atoms with Gasteiger partial charge < -0.3 is 4.57 Å². The van der Waals surface area contributed by atoms with Crippen LogP contribution in [0.4, 0.5) is 0 Å². The number of benzene rings is 1. The third kappa shape index (κ3) is 2.87. The standard InChI is InChI=1S/C11H9Br2ClN2/c12-8-1-2-9(10(13)5-8)11(14)6-16-4-3-15-7-16/h1-5,7,11H,6H2. The van der Waals surface area contributed by atoms with Crippen molar-refractivity contribution in [3.05, 3.63) is 51.4 Å². The van der Waals surface area contributed by atoms with Crippen molar-refractivity contribution in [1.29, 1.82) is 0 Å². The fourth-order valence-electron chi connectivity index (χ4n) is 1.43. The van der Waals surface area contributed by atoms with E-state index in [0.29, 0.717) is 6.54 Å². The molecule has 0 saturated carbocycles. The van der Waals surface area contributed by atoms with Crippen molar-refractivity contribution in [1.82, 2.24) is 9.55 Å². The Bertz CT molecular complexity index is 471. The first kappa shape index (κ1) is 12.1. The van der Waals surface area contributed by atoms with Gasteiger partial charge in [-0.3, -0.25) is 0 Å². The highest BCUT2D eigenvalue weighted by Crippen LogP contribution is 2.31. The van der Waals surface area contributed by atoms with E-state index in [1.54, 1.807) is 12.5 Å². The molecule has 1 heterocycles. The molecule has 0 bridgehead atoms. The number of imidazole rings is 1. The zero-order valence-electron chi connectivity index (χ0n) is 8.28. The van der Waals surface area contributed by atoms with Gasteiger partial charge in [0.2, 0.25) is 0 Å². The summed E-state index contributed by atoms with van der Waals surface area (Å²) in [7, 11) is 0. The summed E-state index contributed by atoms with van der Waals surface area (Å²) < 4.78 is 4.02. The summed E-state index contributed by atoms with van der Waals surface area (Å²) in [5.41, 5.74) is 1.08. The number of alkyl halides is 1. The Hall–Kier alpha value is -0.320. The van der Waals surface area contributed by atoms with Crippen LogP contribution in [-0.2, 0) is 6.54 Å². The predicted octanol–water partition coefficient (Wildman–Crippen LogP) is 4.39. The molecule has 0 aliphatic carbocycles. The molecule has 0 fully saturated rings. The van der Waals surface area contributed by atoms with Crippen LogP contribution in [-0.4, -0.2) is 9.55 Å². The van der Waals surface area contributed by atoms with E-state index in [1.165, 1.54) is 0 Å². The van der Waals surface area contributed by atoms with Gasteiger partial charge in [0.25, 0.3) is 0 Å². The van der Waals surface area contributed by atoms with Crippen molar-refractivity contribution in [2.45, 2.75) is 11.9 Å². The lowest BCUT2D eigenvalue weighted by Gasteiger charge is -2.12. The second-order valence-corrected chi connectivity index (χ2v) is 5.69. The minimum atomic E-state index is -0.0725. The molecule has 0 amide bonds. The van der Waals surface area contributed by atoms with E-state index >= 15 is 0 Å². The van der Waals surface area contributed by atoms with Gasteiger partial charge in [-0.2, -0.15) is 0 Å². The molecule has 0 spiro atoms. The van der Waals surface area contributed by atoms with Crippen LogP contribution in [0, 0.1) is 0 Å². The third-order valence-electron chi connectivity index (χ3n) is 2.23. The first-order valence-corrected chi connectivity index (χ1v) is 6.74. The molecule has 0 saturated heterocycles. The Kier molecular flexibility index (Phi) is 4.05. The molecular formula is C11H9Br2ClN2. The first-order valence-electron chi connectivity index (χ1n) is 4.71. The summed E-state index contributed by atoms with van der Waals surface area (Å²) in [5, 5.41) is -0.0725. The maximum Gasteiger partial charge on any atom is 0.0946 e. The fourth-order valence-corrected chi connectivity index (χ4v) is 3.24. The van der Waals surface area contributed by atoms with Crippen LogP contribution >= 0.6 is 43.5 Å². The van der Waals surface area contributed by atoms with Crippen LogP contribution in [0.2, 0.25) is 0 Å². The Morgan fingerprint density at radius 3 is 2.81 bits per heavy atom. The second-order valence-electron chi connectivity index (χ2n) is 3.39. The lowest BCUT2D eigenvalue weighted by atomic mass is 10.1. The van der Waals surface area contributed by atoms with E-state index in [4.69, 9.17) is 11.6 Å². The number of hydrogen-bond acceptors (Lipinski definition) is 1. The van der Waals surface area contributed by atoms with Crippen molar-refractivity contribution in [3.8, 4) is 0 Å². The van der Waals surface area contributed by atoms with Crippen molar-refractivity contribution >= 4 is 43.5 Å². The molecule has 0 N–H and O–H groups in total. The van der Waals surface area contributed by atoms with E-state index in [-0.39, 0.29) is 5.38 Å². The van der Waals surface area contributed by atoms with Crippen LogP contribution in [0.3, 0.4) is 0 Å². The predicted molar refractivity (Wildman–Crippen MR) is 72.7 cm³/mol. The van der Waals surface area contributed by atoms with Gasteiger partial charge in [0.05, 0.1) is 11.7 Å². The van der Waals surface area contributed by atoms with Gasteiger partial charge in [0.1, 0.15) is 0 Å². The minimum absolute atomic E-state index is 0.0725.